The zero-order valence-electron chi connectivity index (χ0n) is 10.7. The molecule has 0 amide bonds. The highest BCUT2D eigenvalue weighted by Gasteiger charge is 2.36. The summed E-state index contributed by atoms with van der Waals surface area (Å²) in [6, 6.07) is 0. The minimum absolute atomic E-state index is 0.0140. The van der Waals surface area contributed by atoms with Crippen LogP contribution in [0, 0.1) is 0 Å². The van der Waals surface area contributed by atoms with Gasteiger partial charge in [-0.15, -0.1) is 11.3 Å². The normalized spacial score (nSPS) is 19.1. The first kappa shape index (κ1) is 15.8. The summed E-state index contributed by atoms with van der Waals surface area (Å²) in [6.45, 7) is 0. The highest BCUT2D eigenvalue weighted by molar-refractivity contribution is 7.88. The van der Waals surface area contributed by atoms with Gasteiger partial charge in [0.1, 0.15) is 5.71 Å². The number of nitrogens with zero attached hydrogens (tertiary/aromatic N) is 3. The Morgan fingerprint density at radius 2 is 2.19 bits per heavy atom. The Morgan fingerprint density at radius 1 is 1.52 bits per heavy atom. The Balaban J connectivity index is 2.39. The highest BCUT2D eigenvalue weighted by Crippen LogP contribution is 2.33. The number of ether oxygens (including phenoxy) is 1. The minimum atomic E-state index is -4.57. The van der Waals surface area contributed by atoms with E-state index in [0.717, 1.165) is 17.6 Å². The van der Waals surface area contributed by atoms with Gasteiger partial charge in [0.15, 0.2) is 10.7 Å². The zero-order valence-corrected chi connectivity index (χ0v) is 12.3. The van der Waals surface area contributed by atoms with Gasteiger partial charge in [0.05, 0.1) is 19.0 Å². The molecule has 6 nitrogen and oxygen atoms in total. The summed E-state index contributed by atoms with van der Waals surface area (Å²) < 4.78 is 58.6. The van der Waals surface area contributed by atoms with Crippen molar-refractivity contribution in [3.63, 3.8) is 0 Å². The number of carbonyl (C=O) groups excluding carboxylic acids is 1. The van der Waals surface area contributed by atoms with E-state index in [1.165, 1.54) is 13.1 Å². The quantitative estimate of drug-likeness (QED) is 0.603. The molecule has 1 atom stereocenters. The summed E-state index contributed by atoms with van der Waals surface area (Å²) >= 11 is -1.58. The van der Waals surface area contributed by atoms with Crippen molar-refractivity contribution in [2.24, 2.45) is 4.40 Å². The van der Waals surface area contributed by atoms with Gasteiger partial charge < -0.3 is 9.29 Å². The lowest BCUT2D eigenvalue weighted by molar-refractivity contribution is -0.138. The standard InChI is InChI=1S/C10H8F3N3O3S2/c1-16-6(8(17)19-2)3-5(15-21(16)18)7-4-14-9(20-7)10(11,12)13/h3-4H,1-2H3. The molecule has 0 saturated carbocycles. The molecular weight excluding hydrogens is 331 g/mol. The van der Waals surface area contributed by atoms with Gasteiger partial charge in [0.2, 0.25) is 11.5 Å². The molecule has 21 heavy (non-hydrogen) atoms. The van der Waals surface area contributed by atoms with Crippen molar-refractivity contribution in [3.8, 4) is 0 Å². The predicted octanol–water partition coefficient (Wildman–Crippen LogP) is 1.53. The minimum Gasteiger partial charge on any atom is -0.566 e. The van der Waals surface area contributed by atoms with Crippen LogP contribution in [0.3, 0.4) is 0 Å². The summed E-state index contributed by atoms with van der Waals surface area (Å²) in [7, 11) is 2.49. The molecule has 114 valence electrons. The first-order valence-corrected chi connectivity index (χ1v) is 7.20. The number of likely N-dealkylation sites (N-methyl/N-ethyl adjacent to an activating group) is 1. The molecule has 0 aliphatic carbocycles. The van der Waals surface area contributed by atoms with Crippen LogP contribution in [0.2, 0.25) is 0 Å². The van der Waals surface area contributed by atoms with E-state index >= 15 is 0 Å². The molecule has 0 bridgehead atoms. The topological polar surface area (TPSA) is 77.8 Å². The van der Waals surface area contributed by atoms with Crippen molar-refractivity contribution < 1.29 is 27.3 Å². The number of aromatic nitrogens is 1. The van der Waals surface area contributed by atoms with Gasteiger partial charge in [-0.25, -0.2) is 9.78 Å². The fourth-order valence-electron chi connectivity index (χ4n) is 1.41. The zero-order chi connectivity index (χ0) is 15.8. The Bertz CT molecular complexity index is 627. The number of alkyl halides is 3. The fourth-order valence-corrected chi connectivity index (χ4v) is 2.95. The van der Waals surface area contributed by atoms with Crippen molar-refractivity contribution >= 4 is 34.6 Å². The van der Waals surface area contributed by atoms with E-state index in [9.17, 15) is 22.5 Å². The van der Waals surface area contributed by atoms with Crippen LogP contribution in [0.4, 0.5) is 13.2 Å². The molecule has 1 aliphatic heterocycles. The number of rotatable bonds is 2. The summed E-state index contributed by atoms with van der Waals surface area (Å²) in [5.41, 5.74) is -0.0809. The molecule has 1 aromatic rings. The van der Waals surface area contributed by atoms with Crippen LogP contribution in [0.15, 0.2) is 22.4 Å². The summed E-state index contributed by atoms with van der Waals surface area (Å²) in [5.74, 6) is -0.765. The Kier molecular flexibility index (Phi) is 4.25. The molecule has 1 aliphatic rings. The molecule has 2 heterocycles. The number of hydrogen-bond acceptors (Lipinski definition) is 7. The van der Waals surface area contributed by atoms with Crippen molar-refractivity contribution in [2.75, 3.05) is 14.2 Å². The van der Waals surface area contributed by atoms with Gasteiger partial charge in [-0.05, 0) is 4.40 Å². The van der Waals surface area contributed by atoms with Crippen LogP contribution in [-0.2, 0) is 27.3 Å². The van der Waals surface area contributed by atoms with Crippen molar-refractivity contribution in [2.45, 2.75) is 6.18 Å². The number of carbonyl (C=O) groups is 1. The van der Waals surface area contributed by atoms with Crippen LogP contribution >= 0.6 is 11.3 Å². The number of halogens is 3. The van der Waals surface area contributed by atoms with Crippen LogP contribution in [0.25, 0.3) is 0 Å². The molecule has 1 unspecified atom stereocenters. The largest absolute Gasteiger partial charge is 0.566 e. The van der Waals surface area contributed by atoms with Gasteiger partial charge >= 0.3 is 12.1 Å². The number of allylic oxidation sites excluding steroid dienone is 1. The van der Waals surface area contributed by atoms with E-state index in [2.05, 4.69) is 14.1 Å². The van der Waals surface area contributed by atoms with Crippen LogP contribution in [-0.4, -0.2) is 39.7 Å². The SMILES string of the molecule is COC(=O)C1=CC(c2cnc(C(F)(F)F)s2)=N[S+]([O-])N1C. The molecule has 1 aromatic heterocycles. The van der Waals surface area contributed by atoms with Crippen molar-refractivity contribution in [1.29, 1.82) is 0 Å². The molecule has 0 aromatic carbocycles. The van der Waals surface area contributed by atoms with Crippen LogP contribution in [0.1, 0.15) is 9.88 Å². The molecule has 0 spiro atoms. The molecule has 0 radical (unpaired) electrons. The van der Waals surface area contributed by atoms with Crippen molar-refractivity contribution in [1.82, 2.24) is 9.29 Å². The second kappa shape index (κ2) is 5.66. The second-order valence-electron chi connectivity index (χ2n) is 3.75. The Labute approximate surface area is 124 Å². The number of thiazole rings is 1. The lowest BCUT2D eigenvalue weighted by Gasteiger charge is -2.21. The summed E-state index contributed by atoms with van der Waals surface area (Å²) in [5, 5.41) is -1.04. The maximum Gasteiger partial charge on any atom is 0.443 e. The smallest absolute Gasteiger partial charge is 0.443 e. The lowest BCUT2D eigenvalue weighted by Crippen LogP contribution is -2.33. The van der Waals surface area contributed by atoms with E-state index in [1.807, 2.05) is 0 Å². The Hall–Kier alpha value is -1.59. The summed E-state index contributed by atoms with van der Waals surface area (Å²) in [4.78, 5) is 14.9. The lowest BCUT2D eigenvalue weighted by atomic mass is 10.2. The number of hydrogen-bond donors (Lipinski definition) is 0. The second-order valence-corrected chi connectivity index (χ2v) is 5.98. The fraction of sp³-hybridized carbons (Fsp3) is 0.300. The van der Waals surface area contributed by atoms with E-state index in [4.69, 9.17) is 0 Å². The maximum atomic E-state index is 12.5. The molecule has 0 N–H and O–H groups in total. The van der Waals surface area contributed by atoms with Gasteiger partial charge in [-0.1, -0.05) is 0 Å². The third-order valence-corrected chi connectivity index (χ3v) is 4.50. The molecule has 2 rings (SSSR count). The highest BCUT2D eigenvalue weighted by atomic mass is 32.2. The first-order valence-electron chi connectivity index (χ1n) is 5.32. The van der Waals surface area contributed by atoms with E-state index < -0.39 is 28.7 Å². The van der Waals surface area contributed by atoms with Gasteiger partial charge in [0, 0.05) is 12.3 Å². The molecular formula is C10H8F3N3O3S2. The monoisotopic (exact) mass is 339 g/mol. The average Bonchev–Trinajstić information content (AvgIpc) is 2.90. The van der Waals surface area contributed by atoms with E-state index in [-0.39, 0.29) is 16.3 Å². The molecule has 0 fully saturated rings. The first-order chi connectivity index (χ1) is 9.74. The van der Waals surface area contributed by atoms with E-state index in [1.54, 1.807) is 0 Å². The third kappa shape index (κ3) is 3.19. The molecule has 0 saturated heterocycles. The Morgan fingerprint density at radius 3 is 2.71 bits per heavy atom. The predicted molar refractivity (Wildman–Crippen MR) is 69.7 cm³/mol. The van der Waals surface area contributed by atoms with E-state index in [0.29, 0.717) is 11.3 Å². The third-order valence-electron chi connectivity index (χ3n) is 2.42. The van der Waals surface area contributed by atoms with Gasteiger partial charge in [-0.2, -0.15) is 17.5 Å². The van der Waals surface area contributed by atoms with Crippen molar-refractivity contribution in [3.05, 3.63) is 27.9 Å². The van der Waals surface area contributed by atoms with Gasteiger partial charge in [-0.3, -0.25) is 0 Å². The van der Waals surface area contributed by atoms with Crippen LogP contribution in [0.5, 0.6) is 0 Å². The summed E-state index contributed by atoms with van der Waals surface area (Å²) in [6.07, 6.45) is -2.38. The van der Waals surface area contributed by atoms with Gasteiger partial charge in [0.25, 0.3) is 0 Å². The molecule has 11 heteroatoms. The number of methoxy groups -OCH3 is 1. The van der Waals surface area contributed by atoms with Crippen LogP contribution < -0.4 is 0 Å². The maximum absolute atomic E-state index is 12.5. The average molecular weight is 339 g/mol. The number of esters is 1.